The number of rotatable bonds is 2. The zero-order valence-electron chi connectivity index (χ0n) is 15.7. The van der Waals surface area contributed by atoms with Crippen molar-refractivity contribution in [2.24, 2.45) is 0 Å². The van der Waals surface area contributed by atoms with Crippen molar-refractivity contribution in [3.8, 4) is 0 Å². The van der Waals surface area contributed by atoms with Gasteiger partial charge in [-0.1, -0.05) is 12.1 Å². The van der Waals surface area contributed by atoms with Crippen molar-refractivity contribution < 1.29 is 9.90 Å². The SMILES string of the molecule is CC(=O)N1CCN(C2CCN(c3cccc(C)c3C)CC2)C[C@@H](O)C1. The van der Waals surface area contributed by atoms with E-state index >= 15 is 0 Å². The van der Waals surface area contributed by atoms with Crippen LogP contribution in [0.5, 0.6) is 0 Å². The number of anilines is 1. The fourth-order valence-electron chi connectivity index (χ4n) is 4.18. The quantitative estimate of drug-likeness (QED) is 0.888. The van der Waals surface area contributed by atoms with Gasteiger partial charge >= 0.3 is 0 Å². The number of carbonyl (C=O) groups excluding carboxylic acids is 1. The van der Waals surface area contributed by atoms with E-state index in [-0.39, 0.29) is 5.91 Å². The molecule has 0 aliphatic carbocycles. The van der Waals surface area contributed by atoms with E-state index in [4.69, 9.17) is 0 Å². The molecule has 0 saturated carbocycles. The highest BCUT2D eigenvalue weighted by atomic mass is 16.3. The van der Waals surface area contributed by atoms with Crippen LogP contribution in [0.2, 0.25) is 0 Å². The zero-order chi connectivity index (χ0) is 18.0. The lowest BCUT2D eigenvalue weighted by Crippen LogP contribution is -2.47. The number of nitrogens with zero attached hydrogens (tertiary/aromatic N) is 3. The summed E-state index contributed by atoms with van der Waals surface area (Å²) in [5.41, 5.74) is 4.08. The highest BCUT2D eigenvalue weighted by Gasteiger charge is 2.30. The Morgan fingerprint density at radius 2 is 1.80 bits per heavy atom. The summed E-state index contributed by atoms with van der Waals surface area (Å²) in [7, 11) is 0. The first kappa shape index (κ1) is 18.2. The Hall–Kier alpha value is -1.59. The van der Waals surface area contributed by atoms with E-state index in [1.807, 2.05) is 0 Å². The fourth-order valence-corrected chi connectivity index (χ4v) is 4.18. The number of benzene rings is 1. The van der Waals surface area contributed by atoms with Gasteiger partial charge < -0.3 is 14.9 Å². The number of carbonyl (C=O) groups is 1. The van der Waals surface area contributed by atoms with E-state index in [9.17, 15) is 9.90 Å². The zero-order valence-corrected chi connectivity index (χ0v) is 15.7. The topological polar surface area (TPSA) is 47.0 Å². The average Bonchev–Trinajstić information content (AvgIpc) is 2.79. The molecule has 2 aliphatic rings. The largest absolute Gasteiger partial charge is 0.390 e. The highest BCUT2D eigenvalue weighted by molar-refractivity contribution is 5.73. The molecule has 0 aromatic heterocycles. The molecule has 0 radical (unpaired) electrons. The molecule has 1 aromatic carbocycles. The molecule has 2 heterocycles. The number of β-amino-alcohol motifs (C(OH)–C–C–N with tert-alkyl or cyclic N) is 1. The maximum Gasteiger partial charge on any atom is 0.219 e. The summed E-state index contributed by atoms with van der Waals surface area (Å²) in [6, 6.07) is 7.04. The number of aryl methyl sites for hydroxylation is 1. The molecular formula is C20H31N3O2. The Morgan fingerprint density at radius 3 is 2.48 bits per heavy atom. The molecule has 138 valence electrons. The number of aliphatic hydroxyl groups is 1. The second-order valence-electron chi connectivity index (χ2n) is 7.55. The second-order valence-corrected chi connectivity index (χ2v) is 7.55. The van der Waals surface area contributed by atoms with Crippen molar-refractivity contribution in [2.75, 3.05) is 44.2 Å². The first-order valence-corrected chi connectivity index (χ1v) is 9.44. The van der Waals surface area contributed by atoms with Gasteiger partial charge in [0.2, 0.25) is 5.91 Å². The minimum Gasteiger partial charge on any atom is -0.390 e. The highest BCUT2D eigenvalue weighted by Crippen LogP contribution is 2.27. The van der Waals surface area contributed by atoms with Gasteiger partial charge in [0, 0.05) is 57.9 Å². The lowest BCUT2D eigenvalue weighted by Gasteiger charge is -2.40. The van der Waals surface area contributed by atoms with E-state index < -0.39 is 6.10 Å². The number of piperidine rings is 1. The van der Waals surface area contributed by atoms with Crippen molar-refractivity contribution in [3.63, 3.8) is 0 Å². The maximum absolute atomic E-state index is 11.6. The van der Waals surface area contributed by atoms with E-state index in [1.165, 1.54) is 16.8 Å². The van der Waals surface area contributed by atoms with Crippen LogP contribution in [0.3, 0.4) is 0 Å². The molecule has 25 heavy (non-hydrogen) atoms. The first-order valence-electron chi connectivity index (χ1n) is 9.44. The van der Waals surface area contributed by atoms with Crippen LogP contribution in [0.1, 0.15) is 30.9 Å². The molecule has 2 fully saturated rings. The van der Waals surface area contributed by atoms with Crippen molar-refractivity contribution >= 4 is 11.6 Å². The lowest BCUT2D eigenvalue weighted by atomic mass is 10.00. The minimum absolute atomic E-state index is 0.0608. The summed E-state index contributed by atoms with van der Waals surface area (Å²) in [6.07, 6.45) is 1.78. The average molecular weight is 345 g/mol. The van der Waals surface area contributed by atoms with Gasteiger partial charge in [-0.15, -0.1) is 0 Å². The van der Waals surface area contributed by atoms with E-state index in [0.29, 0.717) is 19.1 Å². The van der Waals surface area contributed by atoms with Crippen LogP contribution in [0.25, 0.3) is 0 Å². The normalized spacial score (nSPS) is 23.6. The Kier molecular flexibility index (Phi) is 5.64. The Morgan fingerprint density at radius 1 is 1.08 bits per heavy atom. The molecule has 2 saturated heterocycles. The van der Waals surface area contributed by atoms with E-state index in [1.54, 1.807) is 11.8 Å². The Bertz CT molecular complexity index is 611. The Labute approximate surface area is 151 Å². The summed E-state index contributed by atoms with van der Waals surface area (Å²) < 4.78 is 0. The van der Waals surface area contributed by atoms with Crippen molar-refractivity contribution in [3.05, 3.63) is 29.3 Å². The molecule has 2 aliphatic heterocycles. The van der Waals surface area contributed by atoms with Gasteiger partial charge in [-0.05, 0) is 43.9 Å². The summed E-state index contributed by atoms with van der Waals surface area (Å²) in [6.45, 7) is 10.8. The number of aliphatic hydroxyl groups excluding tert-OH is 1. The van der Waals surface area contributed by atoms with Crippen LogP contribution in [0, 0.1) is 13.8 Å². The maximum atomic E-state index is 11.6. The number of amides is 1. The molecule has 0 unspecified atom stereocenters. The van der Waals surface area contributed by atoms with Crippen LogP contribution in [0.15, 0.2) is 18.2 Å². The lowest BCUT2D eigenvalue weighted by molar-refractivity contribution is -0.129. The van der Waals surface area contributed by atoms with Gasteiger partial charge in [0.05, 0.1) is 6.10 Å². The third-order valence-electron chi connectivity index (χ3n) is 5.88. The summed E-state index contributed by atoms with van der Waals surface area (Å²) in [4.78, 5) is 18.3. The van der Waals surface area contributed by atoms with Gasteiger partial charge in [0.25, 0.3) is 0 Å². The molecular weight excluding hydrogens is 314 g/mol. The second kappa shape index (κ2) is 7.75. The third-order valence-corrected chi connectivity index (χ3v) is 5.88. The van der Waals surface area contributed by atoms with E-state index in [2.05, 4.69) is 41.8 Å². The molecule has 3 rings (SSSR count). The van der Waals surface area contributed by atoms with Gasteiger partial charge in [0.1, 0.15) is 0 Å². The van der Waals surface area contributed by atoms with Crippen LogP contribution < -0.4 is 4.90 Å². The molecule has 0 spiro atoms. The van der Waals surface area contributed by atoms with Crippen LogP contribution >= 0.6 is 0 Å². The predicted octanol–water partition coefficient (Wildman–Crippen LogP) is 1.80. The molecule has 1 amide bonds. The van der Waals surface area contributed by atoms with Crippen molar-refractivity contribution in [2.45, 2.75) is 45.8 Å². The monoisotopic (exact) mass is 345 g/mol. The predicted molar refractivity (Wildman–Crippen MR) is 101 cm³/mol. The number of hydrogen-bond acceptors (Lipinski definition) is 4. The van der Waals surface area contributed by atoms with Gasteiger partial charge in [-0.3, -0.25) is 9.69 Å². The minimum atomic E-state index is -0.441. The van der Waals surface area contributed by atoms with E-state index in [0.717, 1.165) is 39.0 Å². The third kappa shape index (κ3) is 4.15. The molecule has 1 atom stereocenters. The summed E-state index contributed by atoms with van der Waals surface area (Å²) in [5, 5.41) is 10.3. The fraction of sp³-hybridized carbons (Fsp3) is 0.650. The first-order chi connectivity index (χ1) is 12.0. The van der Waals surface area contributed by atoms with Crippen molar-refractivity contribution in [1.29, 1.82) is 0 Å². The standard InChI is InChI=1S/C20H31N3O2/c1-15-5-4-6-20(16(15)2)21-9-7-18(8-10-21)23-12-11-22(17(3)24)13-19(25)14-23/h4-6,18-19,25H,7-14H2,1-3H3/t19-/m0/s1. The van der Waals surface area contributed by atoms with Crippen LogP contribution in [-0.2, 0) is 4.79 Å². The molecule has 0 bridgehead atoms. The molecule has 5 heteroatoms. The molecule has 5 nitrogen and oxygen atoms in total. The van der Waals surface area contributed by atoms with Crippen LogP contribution in [0.4, 0.5) is 5.69 Å². The number of hydrogen-bond donors (Lipinski definition) is 1. The van der Waals surface area contributed by atoms with Crippen LogP contribution in [-0.4, -0.2) is 72.2 Å². The summed E-state index contributed by atoms with van der Waals surface area (Å²) in [5.74, 6) is 0.0608. The van der Waals surface area contributed by atoms with Gasteiger partial charge in [0.15, 0.2) is 0 Å². The summed E-state index contributed by atoms with van der Waals surface area (Å²) >= 11 is 0. The smallest absolute Gasteiger partial charge is 0.219 e. The molecule has 1 aromatic rings. The van der Waals surface area contributed by atoms with Crippen molar-refractivity contribution in [1.82, 2.24) is 9.80 Å². The van der Waals surface area contributed by atoms with Gasteiger partial charge in [-0.25, -0.2) is 0 Å². The Balaban J connectivity index is 1.60. The van der Waals surface area contributed by atoms with Gasteiger partial charge in [-0.2, -0.15) is 0 Å². The molecule has 1 N–H and O–H groups in total.